The number of hydrogen-bond acceptors (Lipinski definition) is 4. The van der Waals surface area contributed by atoms with Gasteiger partial charge in [0.2, 0.25) is 0 Å². The van der Waals surface area contributed by atoms with Gasteiger partial charge in [-0.3, -0.25) is 0 Å². The third-order valence-electron chi connectivity index (χ3n) is 4.03. The second-order valence-electron chi connectivity index (χ2n) is 6.44. The van der Waals surface area contributed by atoms with E-state index in [-0.39, 0.29) is 18.2 Å². The number of carbonyl (C=O) groups is 1. The fourth-order valence-corrected chi connectivity index (χ4v) is 2.67. The van der Waals surface area contributed by atoms with Crippen LogP contribution in [0.25, 0.3) is 0 Å². The molecule has 0 heterocycles. The molecular weight excluding hydrogens is 376 g/mol. The minimum Gasteiger partial charge on any atom is -0.491 e. The molecule has 1 aromatic rings. The predicted octanol–water partition coefficient (Wildman–Crippen LogP) is 5.47. The lowest BCUT2D eigenvalue weighted by Gasteiger charge is -2.26. The predicted molar refractivity (Wildman–Crippen MR) is 118 cm³/mol. The van der Waals surface area contributed by atoms with Crippen molar-refractivity contribution in [1.29, 1.82) is 0 Å². The van der Waals surface area contributed by atoms with Crippen LogP contribution in [0.5, 0.6) is 5.75 Å². The van der Waals surface area contributed by atoms with E-state index >= 15 is 0 Å². The molecule has 0 radical (unpaired) electrons. The normalized spacial score (nSPS) is 12.7. The molecule has 0 aliphatic rings. The molecule has 0 saturated carbocycles. The summed E-state index contributed by atoms with van der Waals surface area (Å²) >= 11 is 6.07. The molecule has 154 valence electrons. The minimum atomic E-state index is -0.314. The number of halogens is 1. The number of hydrazone groups is 1. The van der Waals surface area contributed by atoms with Crippen LogP contribution in [-0.2, 0) is 0 Å². The molecule has 0 aliphatic heterocycles. The second-order valence-corrected chi connectivity index (χ2v) is 6.85. The molecule has 7 heteroatoms. The van der Waals surface area contributed by atoms with Crippen LogP contribution in [0.15, 0.2) is 52.2 Å². The van der Waals surface area contributed by atoms with E-state index in [2.05, 4.69) is 10.4 Å². The Labute approximate surface area is 173 Å². The molecule has 0 aromatic heterocycles. The molecular formula is C21H31ClN4O2. The van der Waals surface area contributed by atoms with E-state index in [9.17, 15) is 4.79 Å². The first kappa shape index (κ1) is 23.6. The van der Waals surface area contributed by atoms with Gasteiger partial charge in [0, 0.05) is 17.5 Å². The highest BCUT2D eigenvalue weighted by Crippen LogP contribution is 2.19. The number of hydrogen-bond donors (Lipinski definition) is 2. The van der Waals surface area contributed by atoms with E-state index < -0.39 is 0 Å². The van der Waals surface area contributed by atoms with Gasteiger partial charge in [0.15, 0.2) is 0 Å². The smallest absolute Gasteiger partial charge is 0.342 e. The molecule has 1 rings (SSSR count). The highest BCUT2D eigenvalue weighted by atomic mass is 35.5. The Morgan fingerprint density at radius 2 is 1.89 bits per heavy atom. The third-order valence-corrected chi connectivity index (χ3v) is 4.37. The summed E-state index contributed by atoms with van der Waals surface area (Å²) in [6, 6.07) is 6.89. The summed E-state index contributed by atoms with van der Waals surface area (Å²) in [5, 5.41) is 9.08. The van der Waals surface area contributed by atoms with Gasteiger partial charge in [-0.25, -0.2) is 9.80 Å². The molecule has 0 fully saturated rings. The van der Waals surface area contributed by atoms with Crippen molar-refractivity contribution in [1.82, 2.24) is 5.01 Å². The molecule has 3 N–H and O–H groups in total. The van der Waals surface area contributed by atoms with Crippen LogP contribution in [0.4, 0.5) is 10.5 Å². The van der Waals surface area contributed by atoms with Crippen LogP contribution in [0.2, 0.25) is 0 Å². The fraction of sp³-hybridized carbons (Fsp3) is 0.429. The van der Waals surface area contributed by atoms with Crippen molar-refractivity contribution in [3.05, 3.63) is 47.1 Å². The van der Waals surface area contributed by atoms with E-state index in [4.69, 9.17) is 22.1 Å². The van der Waals surface area contributed by atoms with Crippen LogP contribution < -0.4 is 15.8 Å². The monoisotopic (exact) mass is 406 g/mol. The average Bonchev–Trinajstić information content (AvgIpc) is 2.68. The van der Waals surface area contributed by atoms with Gasteiger partial charge in [0.1, 0.15) is 5.75 Å². The molecule has 0 spiro atoms. The summed E-state index contributed by atoms with van der Waals surface area (Å²) in [5.74, 6) is 0.754. The largest absolute Gasteiger partial charge is 0.491 e. The van der Waals surface area contributed by atoms with Crippen molar-refractivity contribution in [2.45, 2.75) is 59.6 Å². The highest BCUT2D eigenvalue weighted by Gasteiger charge is 2.21. The number of allylic oxidation sites excluding steroid dienone is 3. The summed E-state index contributed by atoms with van der Waals surface area (Å²) in [5.41, 5.74) is 6.78. The zero-order valence-corrected chi connectivity index (χ0v) is 18.0. The standard InChI is InChI=1S/C21H31ClN4O2/c1-6-16(20(22)13-23)14-24-26(18(7-2)8-3)21(27)25-17-9-11-19(12-10-17)28-15(4)5/h6,9-15,18H,7-8,23H2,1-5H3,(H,25,27)/b16-6-,20-13+,24-14+. The van der Waals surface area contributed by atoms with Crippen molar-refractivity contribution in [3.8, 4) is 5.75 Å². The number of anilines is 1. The quantitative estimate of drug-likeness (QED) is 0.324. The first-order valence-electron chi connectivity index (χ1n) is 9.51. The van der Waals surface area contributed by atoms with Crippen LogP contribution in [-0.4, -0.2) is 29.4 Å². The summed E-state index contributed by atoms with van der Waals surface area (Å²) in [6.07, 6.45) is 6.26. The Hall–Kier alpha value is -2.47. The Morgan fingerprint density at radius 3 is 2.36 bits per heavy atom. The molecule has 0 aliphatic carbocycles. The number of urea groups is 1. The lowest BCUT2D eigenvalue weighted by molar-refractivity contribution is 0.187. The number of nitrogens with two attached hydrogens (primary N) is 1. The van der Waals surface area contributed by atoms with Crippen molar-refractivity contribution < 1.29 is 9.53 Å². The minimum absolute atomic E-state index is 0.0430. The van der Waals surface area contributed by atoms with Crippen LogP contribution in [0, 0.1) is 0 Å². The molecule has 2 amide bonds. The van der Waals surface area contributed by atoms with Gasteiger partial charge in [0.05, 0.1) is 23.4 Å². The molecule has 0 unspecified atom stereocenters. The van der Waals surface area contributed by atoms with Gasteiger partial charge < -0.3 is 15.8 Å². The number of carbonyl (C=O) groups excluding carboxylic acids is 1. The number of rotatable bonds is 9. The van der Waals surface area contributed by atoms with Crippen LogP contribution in [0.1, 0.15) is 47.5 Å². The van der Waals surface area contributed by atoms with Gasteiger partial charge in [-0.15, -0.1) is 0 Å². The topological polar surface area (TPSA) is 80.0 Å². The summed E-state index contributed by atoms with van der Waals surface area (Å²) in [4.78, 5) is 12.9. The first-order valence-corrected chi connectivity index (χ1v) is 9.88. The molecule has 6 nitrogen and oxygen atoms in total. The number of benzene rings is 1. The van der Waals surface area contributed by atoms with Crippen LogP contribution >= 0.6 is 11.6 Å². The first-order chi connectivity index (χ1) is 13.4. The lowest BCUT2D eigenvalue weighted by Crippen LogP contribution is -2.38. The highest BCUT2D eigenvalue weighted by molar-refractivity contribution is 6.34. The Morgan fingerprint density at radius 1 is 1.29 bits per heavy atom. The average molecular weight is 407 g/mol. The SMILES string of the molecule is C/C=C(/C=N/N(C(=O)Nc1ccc(OC(C)C)cc1)C(CC)CC)C(\Cl)=C/N. The number of nitrogens with one attached hydrogen (secondary N) is 1. The molecule has 0 atom stereocenters. The Kier molecular flexibility index (Phi) is 10.2. The van der Waals surface area contributed by atoms with E-state index in [0.717, 1.165) is 18.6 Å². The van der Waals surface area contributed by atoms with E-state index in [0.29, 0.717) is 16.3 Å². The number of ether oxygens (including phenoxy) is 1. The maximum Gasteiger partial charge on any atom is 0.342 e. The number of nitrogens with zero attached hydrogens (tertiary/aromatic N) is 2. The van der Waals surface area contributed by atoms with E-state index in [1.807, 2.05) is 46.8 Å². The Bertz CT molecular complexity index is 708. The lowest BCUT2D eigenvalue weighted by atomic mass is 10.1. The van der Waals surface area contributed by atoms with Crippen molar-refractivity contribution in [2.24, 2.45) is 10.8 Å². The second kappa shape index (κ2) is 12.1. The van der Waals surface area contributed by atoms with Gasteiger partial charge in [-0.2, -0.15) is 5.10 Å². The summed E-state index contributed by atoms with van der Waals surface area (Å²) in [7, 11) is 0. The van der Waals surface area contributed by atoms with Gasteiger partial charge in [0.25, 0.3) is 0 Å². The summed E-state index contributed by atoms with van der Waals surface area (Å²) in [6.45, 7) is 9.80. The van der Waals surface area contributed by atoms with Crippen molar-refractivity contribution in [3.63, 3.8) is 0 Å². The maximum absolute atomic E-state index is 12.9. The third kappa shape index (κ3) is 7.27. The van der Waals surface area contributed by atoms with Gasteiger partial charge in [-0.1, -0.05) is 31.5 Å². The Balaban J connectivity index is 2.99. The fourth-order valence-electron chi connectivity index (χ4n) is 2.51. The van der Waals surface area contributed by atoms with Gasteiger partial charge in [-0.05, 0) is 57.9 Å². The molecule has 1 aromatic carbocycles. The number of amides is 2. The van der Waals surface area contributed by atoms with E-state index in [1.165, 1.54) is 11.2 Å². The van der Waals surface area contributed by atoms with E-state index in [1.54, 1.807) is 24.4 Å². The summed E-state index contributed by atoms with van der Waals surface area (Å²) < 4.78 is 5.62. The van der Waals surface area contributed by atoms with Crippen molar-refractivity contribution in [2.75, 3.05) is 5.32 Å². The molecule has 28 heavy (non-hydrogen) atoms. The van der Waals surface area contributed by atoms with Gasteiger partial charge >= 0.3 is 6.03 Å². The zero-order valence-electron chi connectivity index (χ0n) is 17.3. The molecule has 0 saturated heterocycles. The van der Waals surface area contributed by atoms with Crippen molar-refractivity contribution >= 4 is 29.5 Å². The maximum atomic E-state index is 12.9. The zero-order chi connectivity index (χ0) is 21.1. The molecule has 0 bridgehead atoms. The van der Waals surface area contributed by atoms with Crippen LogP contribution in [0.3, 0.4) is 0 Å².